The molecule has 1 heterocycles. The van der Waals surface area contributed by atoms with Gasteiger partial charge in [-0.3, -0.25) is 4.79 Å². The van der Waals surface area contributed by atoms with Crippen LogP contribution in [0.1, 0.15) is 33.1 Å². The van der Waals surface area contributed by atoms with Crippen molar-refractivity contribution in [3.05, 3.63) is 0 Å². The Kier molecular flexibility index (Phi) is 3.93. The third-order valence-corrected chi connectivity index (χ3v) is 2.81. The second kappa shape index (κ2) is 4.78. The Morgan fingerprint density at radius 2 is 1.86 bits per heavy atom. The number of nitrogens with zero attached hydrogens (tertiary/aromatic N) is 1. The second-order valence-corrected chi connectivity index (χ2v) is 4.71. The van der Waals surface area contributed by atoms with Gasteiger partial charge in [0.1, 0.15) is 0 Å². The summed E-state index contributed by atoms with van der Waals surface area (Å²) in [5.74, 6) is -0.108. The maximum absolute atomic E-state index is 11.5. The molecule has 1 aliphatic heterocycles. The van der Waals surface area contributed by atoms with Crippen LogP contribution in [-0.4, -0.2) is 37.6 Å². The topological polar surface area (TPSA) is 29.5 Å². The van der Waals surface area contributed by atoms with Gasteiger partial charge in [-0.1, -0.05) is 6.42 Å². The van der Waals surface area contributed by atoms with Gasteiger partial charge in [0.25, 0.3) is 0 Å². The summed E-state index contributed by atoms with van der Waals surface area (Å²) in [6, 6.07) is 0. The Hall–Kier alpha value is -0.570. The Balaban J connectivity index is 2.44. The summed E-state index contributed by atoms with van der Waals surface area (Å²) in [6.07, 6.45) is 3.85. The van der Waals surface area contributed by atoms with E-state index in [1.807, 2.05) is 13.8 Å². The van der Waals surface area contributed by atoms with Crippen LogP contribution in [0.15, 0.2) is 0 Å². The van der Waals surface area contributed by atoms with E-state index in [0.717, 1.165) is 19.6 Å². The standard InChI is InChI=1S/C11H21NO2/c1-11(2,10(13)14-3)9-12-7-5-4-6-8-12/h4-9H2,1-3H3. The number of piperidine rings is 1. The number of methoxy groups -OCH3 is 1. The van der Waals surface area contributed by atoms with E-state index < -0.39 is 0 Å². The molecule has 0 aromatic heterocycles. The van der Waals surface area contributed by atoms with Crippen LogP contribution in [0.3, 0.4) is 0 Å². The molecule has 0 aliphatic carbocycles. The van der Waals surface area contributed by atoms with Crippen LogP contribution in [-0.2, 0) is 9.53 Å². The van der Waals surface area contributed by atoms with Crippen molar-refractivity contribution in [3.8, 4) is 0 Å². The van der Waals surface area contributed by atoms with Crippen LogP contribution in [0.4, 0.5) is 0 Å². The Bertz CT molecular complexity index is 195. The van der Waals surface area contributed by atoms with Crippen LogP contribution in [0, 0.1) is 5.41 Å². The minimum Gasteiger partial charge on any atom is -0.469 e. The van der Waals surface area contributed by atoms with Crippen molar-refractivity contribution in [1.82, 2.24) is 4.90 Å². The number of likely N-dealkylation sites (tertiary alicyclic amines) is 1. The molecule has 1 aliphatic rings. The van der Waals surface area contributed by atoms with Gasteiger partial charge in [0.2, 0.25) is 0 Å². The predicted molar refractivity (Wildman–Crippen MR) is 56.1 cm³/mol. The molecule has 1 rings (SSSR count). The molecule has 0 amide bonds. The second-order valence-electron chi connectivity index (χ2n) is 4.71. The number of carbonyl (C=O) groups is 1. The van der Waals surface area contributed by atoms with Crippen molar-refractivity contribution in [1.29, 1.82) is 0 Å². The third kappa shape index (κ3) is 2.98. The maximum Gasteiger partial charge on any atom is 0.312 e. The number of hydrogen-bond acceptors (Lipinski definition) is 3. The van der Waals surface area contributed by atoms with E-state index in [9.17, 15) is 4.79 Å². The molecule has 3 nitrogen and oxygen atoms in total. The van der Waals surface area contributed by atoms with Gasteiger partial charge in [-0.2, -0.15) is 0 Å². The number of hydrogen-bond donors (Lipinski definition) is 0. The normalized spacial score (nSPS) is 19.4. The number of carbonyl (C=O) groups excluding carboxylic acids is 1. The van der Waals surface area contributed by atoms with E-state index in [2.05, 4.69) is 4.90 Å². The molecule has 3 heteroatoms. The molecule has 0 bridgehead atoms. The zero-order valence-corrected chi connectivity index (χ0v) is 9.51. The van der Waals surface area contributed by atoms with Gasteiger partial charge < -0.3 is 9.64 Å². The summed E-state index contributed by atoms with van der Waals surface area (Å²) in [6.45, 7) is 6.97. The fourth-order valence-electron chi connectivity index (χ4n) is 2.02. The minimum absolute atomic E-state index is 0.108. The lowest BCUT2D eigenvalue weighted by atomic mass is 9.92. The first kappa shape index (κ1) is 11.5. The van der Waals surface area contributed by atoms with Gasteiger partial charge in [-0.15, -0.1) is 0 Å². The average Bonchev–Trinajstić information content (AvgIpc) is 2.17. The molecular weight excluding hydrogens is 178 g/mol. The smallest absolute Gasteiger partial charge is 0.312 e. The van der Waals surface area contributed by atoms with Crippen molar-refractivity contribution in [2.45, 2.75) is 33.1 Å². The quantitative estimate of drug-likeness (QED) is 0.648. The predicted octanol–water partition coefficient (Wildman–Crippen LogP) is 1.67. The molecule has 0 unspecified atom stereocenters. The van der Waals surface area contributed by atoms with Crippen LogP contribution in [0.5, 0.6) is 0 Å². The molecule has 0 aromatic carbocycles. The van der Waals surface area contributed by atoms with Crippen LogP contribution in [0.25, 0.3) is 0 Å². The number of esters is 1. The first-order valence-corrected chi connectivity index (χ1v) is 5.37. The van der Waals surface area contributed by atoms with E-state index in [1.54, 1.807) is 0 Å². The molecule has 1 saturated heterocycles. The fraction of sp³-hybridized carbons (Fsp3) is 0.909. The average molecular weight is 199 g/mol. The largest absolute Gasteiger partial charge is 0.469 e. The molecule has 0 saturated carbocycles. The maximum atomic E-state index is 11.5. The van der Waals surface area contributed by atoms with Crippen molar-refractivity contribution in [2.75, 3.05) is 26.7 Å². The highest BCUT2D eigenvalue weighted by Gasteiger charge is 2.31. The number of ether oxygens (including phenoxy) is 1. The highest BCUT2D eigenvalue weighted by atomic mass is 16.5. The summed E-state index contributed by atoms with van der Waals surface area (Å²) in [5.41, 5.74) is -0.369. The van der Waals surface area contributed by atoms with E-state index >= 15 is 0 Å². The van der Waals surface area contributed by atoms with Gasteiger partial charge >= 0.3 is 5.97 Å². The van der Waals surface area contributed by atoms with E-state index in [4.69, 9.17) is 4.74 Å². The summed E-state index contributed by atoms with van der Waals surface area (Å²) < 4.78 is 4.79. The Labute approximate surface area is 86.4 Å². The highest BCUT2D eigenvalue weighted by molar-refractivity contribution is 5.76. The first-order chi connectivity index (χ1) is 6.56. The van der Waals surface area contributed by atoms with E-state index in [0.29, 0.717) is 0 Å². The lowest BCUT2D eigenvalue weighted by Gasteiger charge is -2.33. The Morgan fingerprint density at radius 1 is 1.29 bits per heavy atom. The van der Waals surface area contributed by atoms with Gasteiger partial charge in [0, 0.05) is 6.54 Å². The molecule has 82 valence electrons. The lowest BCUT2D eigenvalue weighted by molar-refractivity contribution is -0.151. The summed E-state index contributed by atoms with van der Waals surface area (Å²) >= 11 is 0. The zero-order valence-electron chi connectivity index (χ0n) is 9.51. The monoisotopic (exact) mass is 199 g/mol. The molecule has 0 N–H and O–H groups in total. The SMILES string of the molecule is COC(=O)C(C)(C)CN1CCCCC1. The van der Waals surface area contributed by atoms with E-state index in [-0.39, 0.29) is 11.4 Å². The minimum atomic E-state index is -0.369. The third-order valence-electron chi connectivity index (χ3n) is 2.81. The molecular formula is C11H21NO2. The van der Waals surface area contributed by atoms with Crippen molar-refractivity contribution >= 4 is 5.97 Å². The summed E-state index contributed by atoms with van der Waals surface area (Å²) in [4.78, 5) is 13.8. The van der Waals surface area contributed by atoms with Crippen LogP contribution in [0.2, 0.25) is 0 Å². The van der Waals surface area contributed by atoms with Gasteiger partial charge in [0.05, 0.1) is 12.5 Å². The molecule has 14 heavy (non-hydrogen) atoms. The van der Waals surface area contributed by atoms with Crippen molar-refractivity contribution < 1.29 is 9.53 Å². The van der Waals surface area contributed by atoms with Crippen molar-refractivity contribution in [3.63, 3.8) is 0 Å². The van der Waals surface area contributed by atoms with Gasteiger partial charge in [-0.25, -0.2) is 0 Å². The first-order valence-electron chi connectivity index (χ1n) is 5.37. The highest BCUT2D eigenvalue weighted by Crippen LogP contribution is 2.21. The van der Waals surface area contributed by atoms with Crippen LogP contribution >= 0.6 is 0 Å². The molecule has 0 atom stereocenters. The van der Waals surface area contributed by atoms with Gasteiger partial charge in [0.15, 0.2) is 0 Å². The lowest BCUT2D eigenvalue weighted by Crippen LogP contribution is -2.42. The van der Waals surface area contributed by atoms with Gasteiger partial charge in [-0.05, 0) is 39.8 Å². The van der Waals surface area contributed by atoms with Crippen molar-refractivity contribution in [2.24, 2.45) is 5.41 Å². The fourth-order valence-corrected chi connectivity index (χ4v) is 2.02. The Morgan fingerprint density at radius 3 is 2.36 bits per heavy atom. The van der Waals surface area contributed by atoms with E-state index in [1.165, 1.54) is 26.4 Å². The molecule has 0 spiro atoms. The molecule has 1 fully saturated rings. The summed E-state index contributed by atoms with van der Waals surface area (Å²) in [7, 11) is 1.46. The molecule has 0 radical (unpaired) electrons. The zero-order chi connectivity index (χ0) is 10.6. The summed E-state index contributed by atoms with van der Waals surface area (Å²) in [5, 5.41) is 0. The molecule has 0 aromatic rings. The number of rotatable bonds is 3. The van der Waals surface area contributed by atoms with Crippen LogP contribution < -0.4 is 0 Å².